The lowest BCUT2D eigenvalue weighted by atomic mass is 10.1. The first-order valence-electron chi connectivity index (χ1n) is 6.40. The summed E-state index contributed by atoms with van der Waals surface area (Å²) in [5, 5.41) is 0. The Balaban J connectivity index is 2.59. The van der Waals surface area contributed by atoms with Crippen LogP contribution in [-0.4, -0.2) is 35.0 Å². The maximum absolute atomic E-state index is 12.4. The van der Waals surface area contributed by atoms with E-state index in [0.29, 0.717) is 11.6 Å². The fourth-order valence-electron chi connectivity index (χ4n) is 2.45. The number of carbonyl (C=O) groups is 1. The molecule has 0 radical (unpaired) electrons. The highest BCUT2D eigenvalue weighted by Gasteiger charge is 2.38. The van der Waals surface area contributed by atoms with E-state index in [1.54, 1.807) is 18.1 Å². The molecule has 0 saturated carbocycles. The molecule has 1 aromatic rings. The lowest BCUT2D eigenvalue weighted by Crippen LogP contribution is -2.55. The van der Waals surface area contributed by atoms with Crippen molar-refractivity contribution in [1.29, 1.82) is 0 Å². The minimum atomic E-state index is -0.196. The van der Waals surface area contributed by atoms with Crippen LogP contribution < -0.4 is 21.1 Å². The van der Waals surface area contributed by atoms with Crippen molar-refractivity contribution in [1.82, 2.24) is 9.97 Å². The number of hydrazine groups is 1. The number of nitrogen functional groups attached to an aromatic ring is 1. The van der Waals surface area contributed by atoms with Crippen molar-refractivity contribution in [3.8, 4) is 0 Å². The van der Waals surface area contributed by atoms with Crippen LogP contribution in [0.15, 0.2) is 6.20 Å². The molecular weight excluding hydrogens is 244 g/mol. The van der Waals surface area contributed by atoms with Crippen LogP contribution in [0.25, 0.3) is 0 Å². The fourth-order valence-corrected chi connectivity index (χ4v) is 2.45. The third kappa shape index (κ3) is 2.10. The first kappa shape index (κ1) is 13.5. The molecule has 1 amide bonds. The minimum Gasteiger partial charge on any atom is -0.340 e. The molecule has 0 aliphatic carbocycles. The van der Waals surface area contributed by atoms with Gasteiger partial charge in [-0.2, -0.15) is 4.98 Å². The van der Waals surface area contributed by atoms with Crippen LogP contribution >= 0.6 is 0 Å². The molecule has 7 heteroatoms. The molecule has 2 heterocycles. The van der Waals surface area contributed by atoms with Gasteiger partial charge in [-0.25, -0.2) is 10.8 Å². The van der Waals surface area contributed by atoms with E-state index in [9.17, 15) is 4.79 Å². The van der Waals surface area contributed by atoms with Gasteiger partial charge in [-0.05, 0) is 20.3 Å². The van der Waals surface area contributed by atoms with Crippen molar-refractivity contribution in [2.45, 2.75) is 39.3 Å². The number of likely N-dealkylation sites (N-methyl/N-ethyl adjacent to an activating group) is 1. The van der Waals surface area contributed by atoms with Crippen LogP contribution in [0.2, 0.25) is 0 Å². The molecule has 0 spiro atoms. The molecule has 0 aromatic carbocycles. The van der Waals surface area contributed by atoms with Gasteiger partial charge >= 0.3 is 0 Å². The van der Waals surface area contributed by atoms with Crippen molar-refractivity contribution in [3.63, 3.8) is 0 Å². The van der Waals surface area contributed by atoms with Gasteiger partial charge in [0.2, 0.25) is 11.9 Å². The predicted molar refractivity (Wildman–Crippen MR) is 74.9 cm³/mol. The summed E-state index contributed by atoms with van der Waals surface area (Å²) in [7, 11) is 1.75. The van der Waals surface area contributed by atoms with Crippen LogP contribution in [0, 0.1) is 0 Å². The van der Waals surface area contributed by atoms with E-state index in [2.05, 4.69) is 15.4 Å². The second-order valence-corrected chi connectivity index (χ2v) is 4.87. The predicted octanol–water partition coefficient (Wildman–Crippen LogP) is 0.732. The summed E-state index contributed by atoms with van der Waals surface area (Å²) >= 11 is 0. The third-order valence-electron chi connectivity index (χ3n) is 3.38. The molecule has 2 rings (SSSR count). The summed E-state index contributed by atoms with van der Waals surface area (Å²) < 4.78 is 0. The number of rotatable bonds is 3. The van der Waals surface area contributed by atoms with Gasteiger partial charge in [-0.15, -0.1) is 0 Å². The molecule has 3 N–H and O–H groups in total. The molecule has 104 valence electrons. The molecule has 0 bridgehead atoms. The lowest BCUT2D eigenvalue weighted by molar-refractivity contribution is -0.120. The maximum Gasteiger partial charge on any atom is 0.249 e. The van der Waals surface area contributed by atoms with Gasteiger partial charge in [-0.1, -0.05) is 6.92 Å². The van der Waals surface area contributed by atoms with E-state index in [0.717, 1.165) is 12.2 Å². The summed E-state index contributed by atoms with van der Waals surface area (Å²) in [5.74, 6) is 6.52. The van der Waals surface area contributed by atoms with E-state index in [-0.39, 0.29) is 18.0 Å². The highest BCUT2D eigenvalue weighted by molar-refractivity contribution is 6.04. The number of fused-ring (bicyclic) bond motifs is 1. The Morgan fingerprint density at radius 3 is 2.74 bits per heavy atom. The molecular formula is C12H20N6O. The number of anilines is 3. The van der Waals surface area contributed by atoms with Crippen molar-refractivity contribution < 1.29 is 4.79 Å². The van der Waals surface area contributed by atoms with E-state index >= 15 is 0 Å². The standard InChI is InChI=1S/C12H20N6O/c1-5-8-11(19)17(4)9-6-14-12(16-13)15-10(9)18(8)7(2)3/h6-8H,5,13H2,1-4H3,(H,14,15,16)/t8-/m1/s1. The summed E-state index contributed by atoms with van der Waals surface area (Å²) in [5.41, 5.74) is 3.15. The van der Waals surface area contributed by atoms with Crippen LogP contribution in [0.3, 0.4) is 0 Å². The van der Waals surface area contributed by atoms with Crippen molar-refractivity contribution in [2.24, 2.45) is 5.84 Å². The number of carbonyl (C=O) groups excluding carboxylic acids is 1. The van der Waals surface area contributed by atoms with E-state index in [1.807, 2.05) is 25.7 Å². The summed E-state index contributed by atoms with van der Waals surface area (Å²) in [6.45, 7) is 6.09. The molecule has 0 saturated heterocycles. The minimum absolute atomic E-state index is 0.0701. The Morgan fingerprint density at radius 2 is 2.21 bits per heavy atom. The monoisotopic (exact) mass is 264 g/mol. The molecule has 0 unspecified atom stereocenters. The molecule has 19 heavy (non-hydrogen) atoms. The van der Waals surface area contributed by atoms with Gasteiger partial charge in [0.25, 0.3) is 0 Å². The SMILES string of the molecule is CC[C@@H]1C(=O)N(C)c2cnc(NN)nc2N1C(C)C. The normalized spacial score (nSPS) is 18.8. The fraction of sp³-hybridized carbons (Fsp3) is 0.583. The second-order valence-electron chi connectivity index (χ2n) is 4.87. The maximum atomic E-state index is 12.4. The van der Waals surface area contributed by atoms with Crippen LogP contribution in [0.1, 0.15) is 27.2 Å². The quantitative estimate of drug-likeness (QED) is 0.618. The van der Waals surface area contributed by atoms with Crippen LogP contribution in [0.4, 0.5) is 17.5 Å². The zero-order valence-electron chi connectivity index (χ0n) is 11.7. The summed E-state index contributed by atoms with van der Waals surface area (Å²) in [6, 6.07) is -0.0279. The van der Waals surface area contributed by atoms with E-state index < -0.39 is 0 Å². The average molecular weight is 264 g/mol. The van der Waals surface area contributed by atoms with Gasteiger partial charge < -0.3 is 9.80 Å². The number of nitrogens with two attached hydrogens (primary N) is 1. The molecule has 1 atom stereocenters. The Morgan fingerprint density at radius 1 is 1.53 bits per heavy atom. The van der Waals surface area contributed by atoms with Crippen molar-refractivity contribution in [3.05, 3.63) is 6.20 Å². The average Bonchev–Trinajstić information content (AvgIpc) is 2.41. The van der Waals surface area contributed by atoms with Crippen LogP contribution in [-0.2, 0) is 4.79 Å². The topological polar surface area (TPSA) is 87.4 Å². The van der Waals surface area contributed by atoms with Crippen LogP contribution in [0.5, 0.6) is 0 Å². The molecule has 1 aromatic heterocycles. The zero-order valence-corrected chi connectivity index (χ0v) is 11.7. The summed E-state index contributed by atoms with van der Waals surface area (Å²) in [4.78, 5) is 24.5. The van der Waals surface area contributed by atoms with Gasteiger partial charge in [0.1, 0.15) is 11.7 Å². The number of nitrogens with one attached hydrogen (secondary N) is 1. The Bertz CT molecular complexity index is 489. The highest BCUT2D eigenvalue weighted by Crippen LogP contribution is 2.35. The zero-order chi connectivity index (χ0) is 14.2. The Hall–Kier alpha value is -1.89. The van der Waals surface area contributed by atoms with Gasteiger partial charge in [0.05, 0.1) is 6.20 Å². The molecule has 1 aliphatic rings. The smallest absolute Gasteiger partial charge is 0.249 e. The van der Waals surface area contributed by atoms with Crippen molar-refractivity contribution in [2.75, 3.05) is 22.3 Å². The Labute approximate surface area is 112 Å². The van der Waals surface area contributed by atoms with E-state index in [1.165, 1.54) is 0 Å². The first-order valence-corrected chi connectivity index (χ1v) is 6.40. The van der Waals surface area contributed by atoms with E-state index in [4.69, 9.17) is 5.84 Å². The highest BCUT2D eigenvalue weighted by atomic mass is 16.2. The Kier molecular flexibility index (Phi) is 3.57. The number of aromatic nitrogens is 2. The number of hydrogen-bond acceptors (Lipinski definition) is 6. The van der Waals surface area contributed by atoms with Gasteiger partial charge in [-0.3, -0.25) is 10.2 Å². The van der Waals surface area contributed by atoms with Gasteiger partial charge in [0.15, 0.2) is 5.82 Å². The summed E-state index contributed by atoms with van der Waals surface area (Å²) in [6.07, 6.45) is 2.35. The third-order valence-corrected chi connectivity index (χ3v) is 3.38. The van der Waals surface area contributed by atoms with Gasteiger partial charge in [0, 0.05) is 13.1 Å². The number of hydrogen-bond donors (Lipinski definition) is 2. The van der Waals surface area contributed by atoms with Crippen molar-refractivity contribution >= 4 is 23.4 Å². The molecule has 0 fully saturated rings. The molecule has 1 aliphatic heterocycles. The number of amides is 1. The lowest BCUT2D eigenvalue weighted by Gasteiger charge is -2.42. The number of nitrogens with zero attached hydrogens (tertiary/aromatic N) is 4. The first-order chi connectivity index (χ1) is 9.01. The second kappa shape index (κ2) is 5.00. The largest absolute Gasteiger partial charge is 0.340 e. The molecule has 7 nitrogen and oxygen atoms in total.